The maximum atomic E-state index is 13.5. The van der Waals surface area contributed by atoms with Crippen LogP contribution in [0.2, 0.25) is 0 Å². The second-order valence-electron chi connectivity index (χ2n) is 11.2. The predicted molar refractivity (Wildman–Crippen MR) is 140 cm³/mol. The van der Waals surface area contributed by atoms with Gasteiger partial charge in [-0.3, -0.25) is 9.59 Å². The van der Waals surface area contributed by atoms with Crippen molar-refractivity contribution in [1.29, 1.82) is 0 Å². The van der Waals surface area contributed by atoms with Crippen LogP contribution in [-0.4, -0.2) is 71.6 Å². The number of piperidine rings is 1. The van der Waals surface area contributed by atoms with Gasteiger partial charge in [0.2, 0.25) is 11.8 Å². The molecule has 39 heavy (non-hydrogen) atoms. The number of likely N-dealkylation sites (tertiary alicyclic amines) is 2. The second kappa shape index (κ2) is 11.2. The van der Waals surface area contributed by atoms with E-state index in [4.69, 9.17) is 10.5 Å². The lowest BCUT2D eigenvalue weighted by Crippen LogP contribution is -2.53. The Morgan fingerprint density at radius 3 is 2.23 bits per heavy atom. The van der Waals surface area contributed by atoms with E-state index >= 15 is 0 Å². The first-order valence-corrected chi connectivity index (χ1v) is 13.7. The van der Waals surface area contributed by atoms with Gasteiger partial charge in [-0.05, 0) is 81.3 Å². The van der Waals surface area contributed by atoms with Crippen LogP contribution in [0.5, 0.6) is 5.88 Å². The average molecular weight is 545 g/mol. The highest BCUT2D eigenvalue weighted by Crippen LogP contribution is 2.53. The fraction of sp³-hybridized carbons (Fsp3) is 0.552. The normalized spacial score (nSPS) is 21.9. The van der Waals surface area contributed by atoms with E-state index in [9.17, 15) is 22.8 Å². The molecule has 0 radical (unpaired) electrons. The lowest BCUT2D eigenvalue weighted by molar-refractivity contribution is -0.256. The number of carbonyl (C=O) groups excluding carboxylic acids is 2. The maximum Gasteiger partial charge on any atom is 0.395 e. The standard InChI is InChI=1S/C29H35F3N4O3/c30-29(31,32)28(12-2-13-28)19-35-15-10-20(11-16-35)18-39-25-9-8-23(17-34-25)21-4-6-22(7-5-21)27(38)36-14-1-3-24(36)26(33)37/h4-9,17,20,24H,1-3,10-16,18-19H2,(H2,33,37)/t24-/m1/s1. The zero-order valence-electron chi connectivity index (χ0n) is 22.0. The fourth-order valence-corrected chi connectivity index (χ4v) is 5.99. The molecule has 5 rings (SSSR count). The Bertz CT molecular complexity index is 1160. The van der Waals surface area contributed by atoms with Gasteiger partial charge in [0.15, 0.2) is 0 Å². The highest BCUT2D eigenvalue weighted by molar-refractivity contribution is 5.98. The van der Waals surface area contributed by atoms with E-state index in [1.54, 1.807) is 29.3 Å². The number of primary amides is 1. The highest BCUT2D eigenvalue weighted by Gasteiger charge is 2.58. The zero-order valence-corrected chi connectivity index (χ0v) is 22.0. The van der Waals surface area contributed by atoms with Crippen molar-refractivity contribution in [3.05, 3.63) is 48.2 Å². The second-order valence-corrected chi connectivity index (χ2v) is 11.2. The molecule has 1 saturated carbocycles. The molecule has 2 saturated heterocycles. The molecule has 2 N–H and O–H groups in total. The molecule has 1 aromatic carbocycles. The smallest absolute Gasteiger partial charge is 0.395 e. The van der Waals surface area contributed by atoms with Gasteiger partial charge >= 0.3 is 6.18 Å². The molecule has 3 heterocycles. The number of aromatic nitrogens is 1. The van der Waals surface area contributed by atoms with Crippen molar-refractivity contribution >= 4 is 11.8 Å². The highest BCUT2D eigenvalue weighted by atomic mass is 19.4. The molecule has 3 aliphatic rings. The number of benzene rings is 1. The van der Waals surface area contributed by atoms with Crippen LogP contribution in [0, 0.1) is 11.3 Å². The van der Waals surface area contributed by atoms with E-state index in [0.29, 0.717) is 56.4 Å². The number of nitrogens with two attached hydrogens (primary N) is 1. The van der Waals surface area contributed by atoms with Gasteiger partial charge in [-0.25, -0.2) is 4.98 Å². The summed E-state index contributed by atoms with van der Waals surface area (Å²) in [5, 5.41) is 0. The van der Waals surface area contributed by atoms with E-state index in [0.717, 1.165) is 30.4 Å². The number of alkyl halides is 3. The third-order valence-corrected chi connectivity index (χ3v) is 8.66. The molecule has 210 valence electrons. The zero-order chi connectivity index (χ0) is 27.6. The summed E-state index contributed by atoms with van der Waals surface area (Å²) in [6, 6.07) is 10.3. The third kappa shape index (κ3) is 5.90. The average Bonchev–Trinajstić information content (AvgIpc) is 3.40. The molecule has 7 nitrogen and oxygen atoms in total. The third-order valence-electron chi connectivity index (χ3n) is 8.66. The summed E-state index contributed by atoms with van der Waals surface area (Å²) in [7, 11) is 0. The van der Waals surface area contributed by atoms with E-state index in [1.807, 2.05) is 23.1 Å². The van der Waals surface area contributed by atoms with Crippen LogP contribution < -0.4 is 10.5 Å². The van der Waals surface area contributed by atoms with Crippen molar-refractivity contribution in [2.45, 2.75) is 57.2 Å². The van der Waals surface area contributed by atoms with Gasteiger partial charge in [0.05, 0.1) is 12.0 Å². The molecule has 10 heteroatoms. The Hall–Kier alpha value is -3.14. The van der Waals surface area contributed by atoms with Gasteiger partial charge in [0, 0.05) is 36.5 Å². The van der Waals surface area contributed by atoms with Gasteiger partial charge in [0.1, 0.15) is 6.04 Å². The van der Waals surface area contributed by atoms with E-state index in [-0.39, 0.29) is 25.3 Å². The fourth-order valence-electron chi connectivity index (χ4n) is 5.99. The molecule has 3 fully saturated rings. The molecule has 2 aliphatic heterocycles. The number of ether oxygens (including phenoxy) is 1. The van der Waals surface area contributed by atoms with Crippen molar-refractivity contribution in [2.24, 2.45) is 17.1 Å². The van der Waals surface area contributed by atoms with E-state index in [2.05, 4.69) is 4.98 Å². The predicted octanol–water partition coefficient (Wildman–Crippen LogP) is 4.66. The van der Waals surface area contributed by atoms with Crippen molar-refractivity contribution in [1.82, 2.24) is 14.8 Å². The monoisotopic (exact) mass is 544 g/mol. The quantitative estimate of drug-likeness (QED) is 0.522. The molecular formula is C29H35F3N4O3. The minimum absolute atomic E-state index is 0.119. The minimum atomic E-state index is -4.12. The first-order chi connectivity index (χ1) is 18.6. The van der Waals surface area contributed by atoms with Gasteiger partial charge in [-0.1, -0.05) is 18.6 Å². The molecule has 1 atom stereocenters. The molecule has 1 aromatic heterocycles. The summed E-state index contributed by atoms with van der Waals surface area (Å²) in [6.07, 6.45) is 1.75. The van der Waals surface area contributed by atoms with Crippen LogP contribution >= 0.6 is 0 Å². The summed E-state index contributed by atoms with van der Waals surface area (Å²) in [6.45, 7) is 2.46. The lowest BCUT2D eigenvalue weighted by Gasteiger charge is -2.47. The summed E-state index contributed by atoms with van der Waals surface area (Å²) >= 11 is 0. The molecule has 0 spiro atoms. The SMILES string of the molecule is NC(=O)[C@H]1CCCN1C(=O)c1ccc(-c2ccc(OCC3CCN(CC4(C(F)(F)F)CCC4)CC3)nc2)cc1. The molecule has 2 aromatic rings. The number of nitrogens with zero attached hydrogens (tertiary/aromatic N) is 3. The molecular weight excluding hydrogens is 509 g/mol. The Morgan fingerprint density at radius 1 is 0.974 bits per heavy atom. The Morgan fingerprint density at radius 2 is 1.67 bits per heavy atom. The Balaban J connectivity index is 1.09. The summed E-state index contributed by atoms with van der Waals surface area (Å²) in [5.74, 6) is 0.128. The topological polar surface area (TPSA) is 88.8 Å². The van der Waals surface area contributed by atoms with Crippen molar-refractivity contribution in [2.75, 3.05) is 32.8 Å². The van der Waals surface area contributed by atoms with Crippen LogP contribution in [0.15, 0.2) is 42.6 Å². The largest absolute Gasteiger partial charge is 0.477 e. The van der Waals surface area contributed by atoms with Crippen LogP contribution in [0.25, 0.3) is 11.1 Å². The van der Waals surface area contributed by atoms with Gasteiger partial charge in [0.25, 0.3) is 5.91 Å². The number of pyridine rings is 1. The maximum absolute atomic E-state index is 13.5. The Labute approximate surface area is 226 Å². The van der Waals surface area contributed by atoms with Gasteiger partial charge < -0.3 is 20.3 Å². The van der Waals surface area contributed by atoms with E-state index in [1.165, 1.54) is 0 Å². The van der Waals surface area contributed by atoms with Gasteiger partial charge in [-0.15, -0.1) is 0 Å². The number of hydrogen-bond donors (Lipinski definition) is 1. The van der Waals surface area contributed by atoms with Crippen molar-refractivity contribution in [3.8, 4) is 17.0 Å². The molecule has 0 unspecified atom stereocenters. The van der Waals surface area contributed by atoms with E-state index < -0.39 is 23.5 Å². The van der Waals surface area contributed by atoms with Crippen LogP contribution in [0.3, 0.4) is 0 Å². The molecule has 0 bridgehead atoms. The molecule has 1 aliphatic carbocycles. The first kappa shape index (κ1) is 27.4. The number of hydrogen-bond acceptors (Lipinski definition) is 5. The number of carbonyl (C=O) groups is 2. The summed E-state index contributed by atoms with van der Waals surface area (Å²) in [4.78, 5) is 32.4. The molecule has 2 amide bonds. The number of rotatable bonds is 8. The van der Waals surface area contributed by atoms with Crippen LogP contribution in [-0.2, 0) is 4.79 Å². The number of amides is 2. The summed E-state index contributed by atoms with van der Waals surface area (Å²) < 4.78 is 46.4. The first-order valence-electron chi connectivity index (χ1n) is 13.7. The minimum Gasteiger partial charge on any atom is -0.477 e. The van der Waals surface area contributed by atoms with Crippen molar-refractivity contribution in [3.63, 3.8) is 0 Å². The van der Waals surface area contributed by atoms with Crippen LogP contribution in [0.1, 0.15) is 55.3 Å². The number of halogens is 3. The Kier molecular flexibility index (Phi) is 7.84. The summed E-state index contributed by atoms with van der Waals surface area (Å²) in [5.41, 5.74) is 6.22. The lowest BCUT2D eigenvalue weighted by atomic mass is 9.67. The van der Waals surface area contributed by atoms with Crippen molar-refractivity contribution < 1.29 is 27.5 Å². The van der Waals surface area contributed by atoms with Gasteiger partial charge in [-0.2, -0.15) is 13.2 Å². The van der Waals surface area contributed by atoms with Crippen LogP contribution in [0.4, 0.5) is 13.2 Å².